The van der Waals surface area contributed by atoms with Crippen LogP contribution in [0.2, 0.25) is 0 Å². The molecule has 36 heavy (non-hydrogen) atoms. The van der Waals surface area contributed by atoms with Gasteiger partial charge in [0.05, 0.1) is 19.2 Å². The van der Waals surface area contributed by atoms with Gasteiger partial charge in [0.25, 0.3) is 5.91 Å². The summed E-state index contributed by atoms with van der Waals surface area (Å²) < 4.78 is 89.0. The molecule has 2 aliphatic rings. The minimum atomic E-state index is -4.57. The van der Waals surface area contributed by atoms with Crippen molar-refractivity contribution in [2.24, 2.45) is 0 Å². The van der Waals surface area contributed by atoms with Crippen LogP contribution in [-0.2, 0) is 15.1 Å². The number of nitrogens with zero attached hydrogens (tertiary/aromatic N) is 1. The number of carbonyl (C=O) groups is 1. The summed E-state index contributed by atoms with van der Waals surface area (Å²) in [5.41, 5.74) is -1.78. The van der Waals surface area contributed by atoms with E-state index in [1.54, 1.807) is 15.7 Å². The molecular weight excluding hydrogens is 487 g/mol. The Hall–Kier alpha value is -2.79. The van der Waals surface area contributed by atoms with Gasteiger partial charge in [0, 0.05) is 24.6 Å². The highest BCUT2D eigenvalue weighted by molar-refractivity contribution is 6.38. The number of piperidine rings is 1. The van der Waals surface area contributed by atoms with Crippen molar-refractivity contribution in [3.8, 4) is 11.5 Å². The smallest absolute Gasteiger partial charge is 0.425 e. The highest BCUT2D eigenvalue weighted by Gasteiger charge is 2.56. The molecule has 4 rings (SSSR count). The summed E-state index contributed by atoms with van der Waals surface area (Å²) in [6.45, 7) is 1.11. The lowest BCUT2D eigenvalue weighted by atomic mass is 9.76. The molecular formula is C23H24B2F5NO5. The van der Waals surface area contributed by atoms with Gasteiger partial charge in [-0.2, -0.15) is 13.2 Å². The van der Waals surface area contributed by atoms with Crippen LogP contribution in [0.5, 0.6) is 11.5 Å². The number of ether oxygens (including phenoxy) is 4. The SMILES string of the molecule is BC1(B)OC2CN(C(=O)c3ccc(OC(C)C(F)(F)F)c(OC)c3)CC[C@]2(c2cc(F)cc(F)c2)O1. The van der Waals surface area contributed by atoms with E-state index >= 15 is 0 Å². The molecule has 2 aromatic carbocycles. The summed E-state index contributed by atoms with van der Waals surface area (Å²) in [4.78, 5) is 14.8. The number of halogens is 5. The van der Waals surface area contributed by atoms with E-state index in [2.05, 4.69) is 0 Å². The molecule has 0 aliphatic carbocycles. The number of hydrogen-bond acceptors (Lipinski definition) is 5. The first-order chi connectivity index (χ1) is 16.7. The molecule has 0 saturated carbocycles. The van der Waals surface area contributed by atoms with Crippen molar-refractivity contribution < 1.29 is 45.7 Å². The van der Waals surface area contributed by atoms with Gasteiger partial charge in [0.1, 0.15) is 23.3 Å². The topological polar surface area (TPSA) is 57.2 Å². The van der Waals surface area contributed by atoms with Crippen molar-refractivity contribution in [1.29, 1.82) is 0 Å². The van der Waals surface area contributed by atoms with E-state index in [9.17, 15) is 26.7 Å². The van der Waals surface area contributed by atoms with Gasteiger partial charge >= 0.3 is 6.18 Å². The van der Waals surface area contributed by atoms with Gasteiger partial charge in [0.2, 0.25) is 0 Å². The van der Waals surface area contributed by atoms with E-state index in [1.807, 2.05) is 0 Å². The molecule has 2 unspecified atom stereocenters. The second-order valence-electron chi connectivity index (χ2n) is 9.32. The van der Waals surface area contributed by atoms with E-state index in [1.165, 1.54) is 42.3 Å². The molecule has 0 bridgehead atoms. The molecule has 2 saturated heterocycles. The van der Waals surface area contributed by atoms with Crippen LogP contribution in [-0.4, -0.2) is 70.7 Å². The molecule has 2 aliphatic heterocycles. The summed E-state index contributed by atoms with van der Waals surface area (Å²) in [5, 5.41) is 0. The number of rotatable bonds is 5. The zero-order valence-electron chi connectivity index (χ0n) is 20.1. The monoisotopic (exact) mass is 511 g/mol. The third-order valence-corrected chi connectivity index (χ3v) is 6.33. The fourth-order valence-corrected chi connectivity index (χ4v) is 4.67. The number of likely N-dealkylation sites (tertiary alicyclic amines) is 1. The Bertz CT molecular complexity index is 1140. The van der Waals surface area contributed by atoms with E-state index in [4.69, 9.17) is 18.9 Å². The number of hydrogen-bond donors (Lipinski definition) is 0. The maximum absolute atomic E-state index is 14.0. The van der Waals surface area contributed by atoms with E-state index in [0.29, 0.717) is 0 Å². The number of alkyl halides is 3. The maximum atomic E-state index is 14.0. The van der Waals surface area contributed by atoms with Crippen LogP contribution in [0.15, 0.2) is 36.4 Å². The predicted molar refractivity (Wildman–Crippen MR) is 123 cm³/mol. The van der Waals surface area contributed by atoms with Gasteiger partial charge < -0.3 is 23.8 Å². The Morgan fingerprint density at radius 1 is 1.14 bits per heavy atom. The van der Waals surface area contributed by atoms with Crippen LogP contribution < -0.4 is 9.47 Å². The summed E-state index contributed by atoms with van der Waals surface area (Å²) in [5.74, 6) is -2.10. The molecule has 0 radical (unpaired) electrons. The Labute approximate surface area is 206 Å². The van der Waals surface area contributed by atoms with Crippen molar-refractivity contribution in [2.45, 2.75) is 42.9 Å². The standard InChI is InChI=1S/C23H24B2F5NO5/c1-12(22(28,29)30)34-17-4-3-13(7-18(17)33-2)20(32)31-6-5-21(14-8-15(26)10-16(27)9-14)19(11-31)35-23(24,25)36-21/h3-4,7-10,12,19H,5-6,11,24-25H2,1-2H3/t12?,19?,21-/m1/s1. The largest absolute Gasteiger partial charge is 0.493 e. The lowest BCUT2D eigenvalue weighted by Gasteiger charge is -2.42. The zero-order chi connectivity index (χ0) is 26.5. The fraction of sp³-hybridized carbons (Fsp3) is 0.435. The predicted octanol–water partition coefficient (Wildman–Crippen LogP) is 2.34. The van der Waals surface area contributed by atoms with Gasteiger partial charge in [-0.1, -0.05) is 0 Å². The fourth-order valence-electron chi connectivity index (χ4n) is 4.67. The van der Waals surface area contributed by atoms with Crippen molar-refractivity contribution in [1.82, 2.24) is 4.90 Å². The van der Waals surface area contributed by atoms with Gasteiger partial charge in [-0.05, 0) is 42.8 Å². The average molecular weight is 511 g/mol. The minimum absolute atomic E-state index is 0.0277. The van der Waals surface area contributed by atoms with Crippen molar-refractivity contribution in [3.63, 3.8) is 0 Å². The molecule has 6 nitrogen and oxygen atoms in total. The van der Waals surface area contributed by atoms with E-state index in [0.717, 1.165) is 13.0 Å². The average Bonchev–Trinajstić information content (AvgIpc) is 3.07. The van der Waals surface area contributed by atoms with Crippen LogP contribution in [0, 0.1) is 11.6 Å². The Morgan fingerprint density at radius 2 is 1.81 bits per heavy atom. The summed E-state index contributed by atoms with van der Waals surface area (Å²) >= 11 is 0. The Morgan fingerprint density at radius 3 is 2.42 bits per heavy atom. The van der Waals surface area contributed by atoms with Crippen LogP contribution in [0.4, 0.5) is 22.0 Å². The van der Waals surface area contributed by atoms with Crippen LogP contribution in [0.3, 0.4) is 0 Å². The molecule has 192 valence electrons. The lowest BCUT2D eigenvalue weighted by Crippen LogP contribution is -2.53. The van der Waals surface area contributed by atoms with Crippen molar-refractivity contribution in [2.75, 3.05) is 20.2 Å². The number of carbonyl (C=O) groups excluding carboxylic acids is 1. The molecule has 2 fully saturated rings. The second kappa shape index (κ2) is 9.26. The van der Waals surface area contributed by atoms with Crippen molar-refractivity contribution >= 4 is 21.6 Å². The third kappa shape index (κ3) is 5.04. The molecule has 3 atom stereocenters. The first kappa shape index (κ1) is 26.3. The lowest BCUT2D eigenvalue weighted by molar-refractivity contribution is -0.189. The molecule has 0 spiro atoms. The highest BCUT2D eigenvalue weighted by atomic mass is 19.4. The van der Waals surface area contributed by atoms with Gasteiger partial charge in [-0.25, -0.2) is 8.78 Å². The number of benzene rings is 2. The van der Waals surface area contributed by atoms with Crippen LogP contribution in [0.25, 0.3) is 0 Å². The van der Waals surface area contributed by atoms with E-state index in [-0.39, 0.29) is 42.1 Å². The summed E-state index contributed by atoms with van der Waals surface area (Å²) in [6.07, 6.45) is -7.15. The highest BCUT2D eigenvalue weighted by Crippen LogP contribution is 2.47. The number of fused-ring (bicyclic) bond motifs is 1. The molecule has 2 heterocycles. The Kier molecular flexibility index (Phi) is 6.76. The van der Waals surface area contributed by atoms with Crippen LogP contribution >= 0.6 is 0 Å². The summed E-state index contributed by atoms with van der Waals surface area (Å²) in [6, 6.07) is 7.07. The van der Waals surface area contributed by atoms with Crippen LogP contribution in [0.1, 0.15) is 29.3 Å². The minimum Gasteiger partial charge on any atom is -0.493 e. The maximum Gasteiger partial charge on any atom is 0.425 e. The number of methoxy groups -OCH3 is 1. The normalized spacial score (nSPS) is 24.2. The van der Waals surface area contributed by atoms with Gasteiger partial charge in [-0.15, -0.1) is 0 Å². The summed E-state index contributed by atoms with van der Waals surface area (Å²) in [7, 11) is 4.62. The van der Waals surface area contributed by atoms with Gasteiger partial charge in [-0.3, -0.25) is 4.79 Å². The first-order valence-electron chi connectivity index (χ1n) is 11.3. The molecule has 2 aromatic rings. The van der Waals surface area contributed by atoms with Crippen molar-refractivity contribution in [3.05, 3.63) is 59.2 Å². The molecule has 13 heteroatoms. The molecule has 1 amide bonds. The van der Waals surface area contributed by atoms with Gasteiger partial charge in [0.15, 0.2) is 33.3 Å². The molecule has 0 N–H and O–H groups in total. The first-order valence-corrected chi connectivity index (χ1v) is 11.3. The van der Waals surface area contributed by atoms with E-state index < -0.39 is 47.1 Å². The quantitative estimate of drug-likeness (QED) is 0.456. The zero-order valence-corrected chi connectivity index (χ0v) is 20.1. The molecule has 0 aromatic heterocycles. The number of amides is 1. The second-order valence-corrected chi connectivity index (χ2v) is 9.32. The third-order valence-electron chi connectivity index (χ3n) is 6.33. The Balaban J connectivity index is 1.57.